The van der Waals surface area contributed by atoms with Gasteiger partial charge < -0.3 is 5.32 Å². The van der Waals surface area contributed by atoms with E-state index in [1.165, 1.54) is 0 Å². The summed E-state index contributed by atoms with van der Waals surface area (Å²) in [5.74, 6) is 0. The first kappa shape index (κ1) is 17.1. The van der Waals surface area contributed by atoms with Crippen LogP contribution in [-0.4, -0.2) is 27.7 Å². The molecule has 2 aromatic heterocycles. The number of nitrogens with zero attached hydrogens (tertiary/aromatic N) is 3. The molecule has 0 unspecified atom stereocenters. The minimum Gasteiger partial charge on any atom is -0.358 e. The predicted molar refractivity (Wildman–Crippen MR) is 108 cm³/mol. The number of thiocarbonyl (C=S) groups is 1. The van der Waals surface area contributed by atoms with E-state index in [0.29, 0.717) is 11.7 Å². The van der Waals surface area contributed by atoms with E-state index in [-0.39, 0.29) is 0 Å². The van der Waals surface area contributed by atoms with Gasteiger partial charge in [-0.25, -0.2) is 4.68 Å². The summed E-state index contributed by atoms with van der Waals surface area (Å²) in [6, 6.07) is 14.0. The van der Waals surface area contributed by atoms with E-state index in [1.54, 1.807) is 23.6 Å². The molecule has 0 bridgehead atoms. The first-order valence-corrected chi connectivity index (χ1v) is 8.93. The van der Waals surface area contributed by atoms with Gasteiger partial charge in [0, 0.05) is 18.3 Å². The van der Waals surface area contributed by atoms with Crippen molar-refractivity contribution in [3.8, 4) is 16.3 Å². The second-order valence-corrected chi connectivity index (χ2v) is 6.42. The third-order valence-corrected chi connectivity index (χ3v) is 4.41. The fourth-order valence-electron chi connectivity index (χ4n) is 2.16. The Kier molecular flexibility index (Phi) is 5.71. The average Bonchev–Trinajstić information content (AvgIpc) is 3.30. The molecule has 0 amide bonds. The molecule has 0 fully saturated rings. The van der Waals surface area contributed by atoms with Gasteiger partial charge in [-0.15, -0.1) is 17.9 Å². The first-order chi connectivity index (χ1) is 12.3. The van der Waals surface area contributed by atoms with Crippen LogP contribution in [0.2, 0.25) is 0 Å². The van der Waals surface area contributed by atoms with E-state index in [2.05, 4.69) is 22.4 Å². The normalized spacial score (nSPS) is 10.7. The van der Waals surface area contributed by atoms with Crippen molar-refractivity contribution in [1.29, 1.82) is 0 Å². The van der Waals surface area contributed by atoms with E-state index in [9.17, 15) is 0 Å². The van der Waals surface area contributed by atoms with Gasteiger partial charge in [-0.1, -0.05) is 30.3 Å². The second-order valence-electron chi connectivity index (χ2n) is 5.06. The van der Waals surface area contributed by atoms with E-state index in [0.717, 1.165) is 21.8 Å². The summed E-state index contributed by atoms with van der Waals surface area (Å²) in [5, 5.41) is 14.4. The summed E-state index contributed by atoms with van der Waals surface area (Å²) in [5.41, 5.74) is 5.58. The molecule has 0 saturated carbocycles. The highest BCUT2D eigenvalue weighted by Crippen LogP contribution is 2.26. The molecule has 126 valence electrons. The molecule has 0 aliphatic heterocycles. The molecule has 5 nitrogen and oxygen atoms in total. The van der Waals surface area contributed by atoms with Gasteiger partial charge in [0.1, 0.15) is 5.69 Å². The quantitative estimate of drug-likeness (QED) is 0.303. The maximum absolute atomic E-state index is 5.13. The number of para-hydroxylation sites is 1. The Labute approximate surface area is 155 Å². The summed E-state index contributed by atoms with van der Waals surface area (Å²) in [7, 11) is 0. The van der Waals surface area contributed by atoms with E-state index in [4.69, 9.17) is 17.3 Å². The SMILES string of the molecule is C=CCNC(=S)N/N=C\c1cn(-c2ccccc2)nc1-c1cccs1. The van der Waals surface area contributed by atoms with Gasteiger partial charge in [-0.3, -0.25) is 5.43 Å². The van der Waals surface area contributed by atoms with E-state index < -0.39 is 0 Å². The van der Waals surface area contributed by atoms with Crippen LogP contribution in [0, 0.1) is 0 Å². The summed E-state index contributed by atoms with van der Waals surface area (Å²) in [6.45, 7) is 4.22. The van der Waals surface area contributed by atoms with Crippen molar-refractivity contribution < 1.29 is 0 Å². The highest BCUT2D eigenvalue weighted by atomic mass is 32.1. The molecule has 0 atom stereocenters. The van der Waals surface area contributed by atoms with Gasteiger partial charge in [0.05, 0.1) is 16.8 Å². The highest BCUT2D eigenvalue weighted by molar-refractivity contribution is 7.80. The number of aromatic nitrogens is 2. The largest absolute Gasteiger partial charge is 0.358 e. The van der Waals surface area contributed by atoms with Crippen LogP contribution in [0.3, 0.4) is 0 Å². The molecule has 0 saturated heterocycles. The fourth-order valence-corrected chi connectivity index (χ4v) is 3.03. The number of rotatable bonds is 6. The van der Waals surface area contributed by atoms with Crippen molar-refractivity contribution in [2.75, 3.05) is 6.54 Å². The molecule has 1 aromatic carbocycles. The topological polar surface area (TPSA) is 54.2 Å². The molecule has 0 aliphatic carbocycles. The summed E-state index contributed by atoms with van der Waals surface area (Å²) >= 11 is 6.77. The van der Waals surface area contributed by atoms with Crippen LogP contribution in [0.15, 0.2) is 71.8 Å². The molecule has 3 aromatic rings. The van der Waals surface area contributed by atoms with Crippen molar-refractivity contribution in [2.24, 2.45) is 5.10 Å². The molecule has 25 heavy (non-hydrogen) atoms. The van der Waals surface area contributed by atoms with Gasteiger partial charge in [-0.2, -0.15) is 10.2 Å². The number of thiophene rings is 1. The maximum Gasteiger partial charge on any atom is 0.187 e. The summed E-state index contributed by atoms with van der Waals surface area (Å²) < 4.78 is 1.85. The van der Waals surface area contributed by atoms with Crippen LogP contribution < -0.4 is 10.7 Å². The average molecular weight is 368 g/mol. The molecule has 0 radical (unpaired) electrons. The van der Waals surface area contributed by atoms with Crippen LogP contribution >= 0.6 is 23.6 Å². The standard InChI is InChI=1S/C18H17N5S2/c1-2-10-19-18(24)21-20-12-14-13-23(15-7-4-3-5-8-15)22-17(14)16-9-6-11-25-16/h2-9,11-13H,1,10H2,(H2,19,21,24)/b20-12-. The lowest BCUT2D eigenvalue weighted by molar-refractivity contribution is 0.885. The molecular formula is C18H17N5S2. The van der Waals surface area contributed by atoms with E-state index >= 15 is 0 Å². The van der Waals surface area contributed by atoms with Gasteiger partial charge in [0.25, 0.3) is 0 Å². The Morgan fingerprint density at radius 3 is 2.84 bits per heavy atom. The summed E-state index contributed by atoms with van der Waals surface area (Å²) in [4.78, 5) is 1.09. The van der Waals surface area contributed by atoms with Crippen molar-refractivity contribution in [3.05, 3.63) is 72.3 Å². The van der Waals surface area contributed by atoms with Crippen LogP contribution in [-0.2, 0) is 0 Å². The highest BCUT2D eigenvalue weighted by Gasteiger charge is 2.11. The zero-order chi connectivity index (χ0) is 17.5. The second kappa shape index (κ2) is 8.36. The van der Waals surface area contributed by atoms with Crippen molar-refractivity contribution in [1.82, 2.24) is 20.5 Å². The Morgan fingerprint density at radius 1 is 1.28 bits per heavy atom. The van der Waals surface area contributed by atoms with Crippen LogP contribution in [0.5, 0.6) is 0 Å². The zero-order valence-corrected chi connectivity index (χ0v) is 15.1. The third-order valence-electron chi connectivity index (χ3n) is 3.29. The molecule has 2 heterocycles. The van der Waals surface area contributed by atoms with Gasteiger partial charge >= 0.3 is 0 Å². The minimum absolute atomic E-state index is 0.448. The summed E-state index contributed by atoms with van der Waals surface area (Å²) in [6.07, 6.45) is 5.41. The van der Waals surface area contributed by atoms with Crippen LogP contribution in [0.1, 0.15) is 5.56 Å². The van der Waals surface area contributed by atoms with E-state index in [1.807, 2.05) is 58.7 Å². The first-order valence-electron chi connectivity index (χ1n) is 7.64. The smallest absolute Gasteiger partial charge is 0.187 e. The minimum atomic E-state index is 0.448. The Balaban J connectivity index is 1.85. The number of benzene rings is 1. The maximum atomic E-state index is 5.13. The molecule has 0 spiro atoms. The number of hydrogen-bond acceptors (Lipinski definition) is 4. The lowest BCUT2D eigenvalue weighted by Gasteiger charge is -2.02. The molecule has 7 heteroatoms. The van der Waals surface area contributed by atoms with Gasteiger partial charge in [0.15, 0.2) is 5.11 Å². The molecule has 0 aliphatic rings. The molecular weight excluding hydrogens is 350 g/mol. The van der Waals surface area contributed by atoms with Gasteiger partial charge in [0.2, 0.25) is 0 Å². The van der Waals surface area contributed by atoms with Crippen LogP contribution in [0.4, 0.5) is 0 Å². The monoisotopic (exact) mass is 367 g/mol. The zero-order valence-electron chi connectivity index (χ0n) is 13.4. The Morgan fingerprint density at radius 2 is 2.12 bits per heavy atom. The van der Waals surface area contributed by atoms with Crippen molar-refractivity contribution in [3.63, 3.8) is 0 Å². The third kappa shape index (κ3) is 4.40. The lowest BCUT2D eigenvalue weighted by Crippen LogP contribution is -2.31. The number of nitrogens with one attached hydrogen (secondary N) is 2. The molecule has 2 N–H and O–H groups in total. The van der Waals surface area contributed by atoms with Gasteiger partial charge in [-0.05, 0) is 35.8 Å². The van der Waals surface area contributed by atoms with Crippen molar-refractivity contribution in [2.45, 2.75) is 0 Å². The van der Waals surface area contributed by atoms with Crippen molar-refractivity contribution >= 4 is 34.9 Å². The van der Waals surface area contributed by atoms with Crippen LogP contribution in [0.25, 0.3) is 16.3 Å². The number of hydrogen-bond donors (Lipinski definition) is 2. The number of hydrazone groups is 1. The Hall–Kier alpha value is -2.77. The molecule has 3 rings (SSSR count). The predicted octanol–water partition coefficient (Wildman–Crippen LogP) is 3.58. The fraction of sp³-hybridized carbons (Fsp3) is 0.0556. The lowest BCUT2D eigenvalue weighted by atomic mass is 10.2. The Bertz CT molecular complexity index is 866.